The summed E-state index contributed by atoms with van der Waals surface area (Å²) >= 11 is 6.16. The molecule has 0 bridgehead atoms. The monoisotopic (exact) mass is 218 g/mol. The number of aryl methyl sites for hydroxylation is 1. The van der Waals surface area contributed by atoms with Crippen LogP contribution >= 0.6 is 11.6 Å². The van der Waals surface area contributed by atoms with Crippen molar-refractivity contribution < 1.29 is 0 Å². The zero-order chi connectivity index (χ0) is 10.7. The van der Waals surface area contributed by atoms with Gasteiger partial charge in [0.15, 0.2) is 0 Å². The highest BCUT2D eigenvalue weighted by molar-refractivity contribution is 6.35. The highest BCUT2D eigenvalue weighted by Gasteiger charge is 2.02. The van der Waals surface area contributed by atoms with E-state index in [1.54, 1.807) is 0 Å². The van der Waals surface area contributed by atoms with E-state index in [1.165, 1.54) is 29.2 Å². The van der Waals surface area contributed by atoms with Crippen LogP contribution in [0.4, 0.5) is 0 Å². The summed E-state index contributed by atoms with van der Waals surface area (Å²) in [6, 6.07) is 12.5. The minimum Gasteiger partial charge on any atom is -0.0837 e. The number of unbranched alkanes of at least 4 members (excludes halogenated alkanes) is 1. The van der Waals surface area contributed by atoms with E-state index in [4.69, 9.17) is 11.6 Å². The molecular weight excluding hydrogens is 204 g/mol. The summed E-state index contributed by atoms with van der Waals surface area (Å²) in [6.07, 6.45) is 3.62. The van der Waals surface area contributed by atoms with Gasteiger partial charge < -0.3 is 0 Å². The topological polar surface area (TPSA) is 0 Å². The Bertz CT molecular complexity index is 460. The first-order chi connectivity index (χ1) is 7.33. The molecule has 0 unspecified atom stereocenters. The lowest BCUT2D eigenvalue weighted by Gasteiger charge is -2.06. The second kappa shape index (κ2) is 4.67. The molecule has 0 amide bonds. The second-order valence-electron chi connectivity index (χ2n) is 3.86. The first-order valence-corrected chi connectivity index (χ1v) is 5.87. The van der Waals surface area contributed by atoms with Crippen LogP contribution in [-0.2, 0) is 6.42 Å². The molecule has 0 aliphatic carbocycles. The SMILES string of the molecule is CCCCc1cccc2c(Cl)cccc12. The van der Waals surface area contributed by atoms with Gasteiger partial charge in [0, 0.05) is 10.4 Å². The molecule has 78 valence electrons. The maximum Gasteiger partial charge on any atom is 0.0484 e. The molecule has 2 aromatic carbocycles. The van der Waals surface area contributed by atoms with Crippen LogP contribution in [0.2, 0.25) is 5.02 Å². The fourth-order valence-corrected chi connectivity index (χ4v) is 2.16. The lowest BCUT2D eigenvalue weighted by atomic mass is 10.0. The van der Waals surface area contributed by atoms with Crippen LogP contribution < -0.4 is 0 Å². The van der Waals surface area contributed by atoms with Crippen LogP contribution in [0.3, 0.4) is 0 Å². The van der Waals surface area contributed by atoms with Crippen molar-refractivity contribution in [3.8, 4) is 0 Å². The Hall–Kier alpha value is -1.01. The average Bonchev–Trinajstić information content (AvgIpc) is 2.27. The van der Waals surface area contributed by atoms with E-state index in [2.05, 4.69) is 31.2 Å². The molecule has 0 atom stereocenters. The summed E-state index contributed by atoms with van der Waals surface area (Å²) in [5.74, 6) is 0. The Balaban J connectivity index is 2.51. The number of hydrogen-bond donors (Lipinski definition) is 0. The molecule has 0 radical (unpaired) electrons. The van der Waals surface area contributed by atoms with Crippen molar-refractivity contribution in [1.82, 2.24) is 0 Å². The molecule has 1 heteroatoms. The van der Waals surface area contributed by atoms with Crippen molar-refractivity contribution in [3.05, 3.63) is 47.0 Å². The van der Waals surface area contributed by atoms with Gasteiger partial charge in [-0.25, -0.2) is 0 Å². The van der Waals surface area contributed by atoms with Crippen molar-refractivity contribution >= 4 is 22.4 Å². The zero-order valence-corrected chi connectivity index (χ0v) is 9.72. The third-order valence-electron chi connectivity index (χ3n) is 2.76. The molecule has 0 N–H and O–H groups in total. The predicted octanol–water partition coefficient (Wildman–Crippen LogP) is 4.84. The van der Waals surface area contributed by atoms with Crippen LogP contribution in [0, 0.1) is 0 Å². The van der Waals surface area contributed by atoms with Crippen molar-refractivity contribution in [1.29, 1.82) is 0 Å². The summed E-state index contributed by atoms with van der Waals surface area (Å²) in [5.41, 5.74) is 1.41. The predicted molar refractivity (Wildman–Crippen MR) is 67.6 cm³/mol. The van der Waals surface area contributed by atoms with Gasteiger partial charge in [-0.3, -0.25) is 0 Å². The second-order valence-corrected chi connectivity index (χ2v) is 4.26. The molecule has 15 heavy (non-hydrogen) atoms. The van der Waals surface area contributed by atoms with E-state index >= 15 is 0 Å². The molecule has 0 aromatic heterocycles. The molecule has 0 fully saturated rings. The van der Waals surface area contributed by atoms with Gasteiger partial charge in [-0.15, -0.1) is 0 Å². The minimum absolute atomic E-state index is 0.853. The van der Waals surface area contributed by atoms with E-state index in [1.807, 2.05) is 12.1 Å². The molecule has 0 aliphatic heterocycles. The molecule has 0 nitrogen and oxygen atoms in total. The zero-order valence-electron chi connectivity index (χ0n) is 8.96. The highest BCUT2D eigenvalue weighted by atomic mass is 35.5. The molecule has 0 aliphatic rings. The number of fused-ring (bicyclic) bond motifs is 1. The first kappa shape index (κ1) is 10.5. The van der Waals surface area contributed by atoms with Gasteiger partial charge in [0.1, 0.15) is 0 Å². The summed E-state index contributed by atoms with van der Waals surface area (Å²) in [4.78, 5) is 0. The first-order valence-electron chi connectivity index (χ1n) is 5.49. The Labute approximate surface area is 95.9 Å². The smallest absolute Gasteiger partial charge is 0.0484 e. The van der Waals surface area contributed by atoms with Gasteiger partial charge in [0.25, 0.3) is 0 Å². The Kier molecular flexibility index (Phi) is 3.27. The lowest BCUT2D eigenvalue weighted by Crippen LogP contribution is -1.87. The minimum atomic E-state index is 0.853. The maximum absolute atomic E-state index is 6.16. The molecule has 2 rings (SSSR count). The van der Waals surface area contributed by atoms with E-state index in [-0.39, 0.29) is 0 Å². The van der Waals surface area contributed by atoms with E-state index in [0.717, 1.165) is 11.4 Å². The number of benzene rings is 2. The third-order valence-corrected chi connectivity index (χ3v) is 3.09. The van der Waals surface area contributed by atoms with Gasteiger partial charge in [-0.2, -0.15) is 0 Å². The van der Waals surface area contributed by atoms with Gasteiger partial charge in [-0.05, 0) is 29.9 Å². The average molecular weight is 219 g/mol. The number of hydrogen-bond acceptors (Lipinski definition) is 0. The Morgan fingerprint density at radius 1 is 1.00 bits per heavy atom. The van der Waals surface area contributed by atoms with E-state index < -0.39 is 0 Å². The molecule has 2 aromatic rings. The van der Waals surface area contributed by atoms with Crippen molar-refractivity contribution in [2.45, 2.75) is 26.2 Å². The van der Waals surface area contributed by atoms with Crippen LogP contribution in [0.15, 0.2) is 36.4 Å². The van der Waals surface area contributed by atoms with Crippen molar-refractivity contribution in [3.63, 3.8) is 0 Å². The fourth-order valence-electron chi connectivity index (χ4n) is 1.92. The maximum atomic E-state index is 6.16. The van der Waals surface area contributed by atoms with E-state index in [0.29, 0.717) is 0 Å². The van der Waals surface area contributed by atoms with E-state index in [9.17, 15) is 0 Å². The largest absolute Gasteiger partial charge is 0.0837 e. The molecular formula is C14H15Cl. The molecule has 0 spiro atoms. The van der Waals surface area contributed by atoms with Crippen molar-refractivity contribution in [2.24, 2.45) is 0 Å². The van der Waals surface area contributed by atoms with Gasteiger partial charge in [0.05, 0.1) is 0 Å². The summed E-state index contributed by atoms with van der Waals surface area (Å²) in [5, 5.41) is 3.33. The van der Waals surface area contributed by atoms with Gasteiger partial charge in [-0.1, -0.05) is 55.3 Å². The third kappa shape index (κ3) is 2.15. The standard InChI is InChI=1S/C14H15Cl/c1-2-3-6-11-7-4-9-13-12(11)8-5-10-14(13)15/h4-5,7-10H,2-3,6H2,1H3. The molecule has 0 heterocycles. The molecule has 0 saturated heterocycles. The van der Waals surface area contributed by atoms with Crippen LogP contribution in [-0.4, -0.2) is 0 Å². The fraction of sp³-hybridized carbons (Fsp3) is 0.286. The quantitative estimate of drug-likeness (QED) is 0.692. The van der Waals surface area contributed by atoms with Crippen molar-refractivity contribution in [2.75, 3.05) is 0 Å². The molecule has 0 saturated carbocycles. The Morgan fingerprint density at radius 2 is 1.73 bits per heavy atom. The summed E-state index contributed by atoms with van der Waals surface area (Å²) in [6.45, 7) is 2.22. The summed E-state index contributed by atoms with van der Waals surface area (Å²) < 4.78 is 0. The number of halogens is 1. The van der Waals surface area contributed by atoms with Crippen LogP contribution in [0.25, 0.3) is 10.8 Å². The van der Waals surface area contributed by atoms with Gasteiger partial charge >= 0.3 is 0 Å². The summed E-state index contributed by atoms with van der Waals surface area (Å²) in [7, 11) is 0. The highest BCUT2D eigenvalue weighted by Crippen LogP contribution is 2.26. The van der Waals surface area contributed by atoms with Crippen LogP contribution in [0.5, 0.6) is 0 Å². The van der Waals surface area contributed by atoms with Gasteiger partial charge in [0.2, 0.25) is 0 Å². The normalized spacial score (nSPS) is 10.8. The van der Waals surface area contributed by atoms with Crippen LogP contribution in [0.1, 0.15) is 25.3 Å². The Morgan fingerprint density at radius 3 is 2.53 bits per heavy atom. The lowest BCUT2D eigenvalue weighted by molar-refractivity contribution is 0.799. The number of rotatable bonds is 3.